The van der Waals surface area contributed by atoms with Gasteiger partial charge in [0.15, 0.2) is 0 Å². The summed E-state index contributed by atoms with van der Waals surface area (Å²) in [4.78, 5) is 54.8. The summed E-state index contributed by atoms with van der Waals surface area (Å²) in [5, 5.41) is 17.3. The predicted molar refractivity (Wildman–Crippen MR) is 171 cm³/mol. The molecule has 1 aliphatic carbocycles. The molecule has 1 aromatic heterocycles. The molecule has 1 saturated heterocycles. The minimum atomic E-state index is -3.14. The van der Waals surface area contributed by atoms with Crippen molar-refractivity contribution < 1.29 is 37.4 Å². The van der Waals surface area contributed by atoms with Gasteiger partial charge in [-0.2, -0.15) is 5.26 Å². The number of rotatable bonds is 14. The van der Waals surface area contributed by atoms with Crippen LogP contribution in [0.2, 0.25) is 0 Å². The number of unbranched alkanes of at least 4 members (excludes halogenated alkanes) is 1. The van der Waals surface area contributed by atoms with Crippen molar-refractivity contribution in [3.05, 3.63) is 48.3 Å². The van der Waals surface area contributed by atoms with Gasteiger partial charge in [0.2, 0.25) is 11.8 Å². The van der Waals surface area contributed by atoms with Gasteiger partial charge < -0.3 is 30.3 Å². The van der Waals surface area contributed by atoms with Crippen LogP contribution in [0, 0.1) is 23.2 Å². The second-order valence-electron chi connectivity index (χ2n) is 12.1. The van der Waals surface area contributed by atoms with Crippen molar-refractivity contribution in [2.45, 2.75) is 63.8 Å². The van der Waals surface area contributed by atoms with Gasteiger partial charge in [-0.1, -0.05) is 25.5 Å². The summed E-state index contributed by atoms with van der Waals surface area (Å²) in [6, 6.07) is 8.89. The molecule has 2 aliphatic rings. The quantitative estimate of drug-likeness (QED) is 0.254. The number of nitrogens with one attached hydrogen (secondary N) is 3. The van der Waals surface area contributed by atoms with E-state index in [1.807, 2.05) is 6.92 Å². The molecular formula is C34H42F2N6O6. The minimum absolute atomic E-state index is 0.00772. The third-order valence-corrected chi connectivity index (χ3v) is 8.52. The van der Waals surface area contributed by atoms with E-state index in [9.17, 15) is 28.0 Å². The van der Waals surface area contributed by atoms with Gasteiger partial charge in [0, 0.05) is 36.8 Å². The SMILES string of the molecule is CCCCOC(=O)NCC1CCC(C(=O)NCCOc2ccc(-c3cnccc3C(=O)NCC(=O)N3CC(F)(F)C[C@H]3C#N)cc2)CC1. The first-order valence-electron chi connectivity index (χ1n) is 16.3. The summed E-state index contributed by atoms with van der Waals surface area (Å²) in [6.07, 6.45) is 6.86. The summed E-state index contributed by atoms with van der Waals surface area (Å²) in [5.41, 5.74) is 1.37. The van der Waals surface area contributed by atoms with Crippen LogP contribution >= 0.6 is 0 Å². The molecule has 0 spiro atoms. The number of carbonyl (C=O) groups is 4. The zero-order valence-electron chi connectivity index (χ0n) is 27.0. The zero-order chi connectivity index (χ0) is 34.5. The molecule has 1 aliphatic heterocycles. The molecule has 2 heterocycles. The van der Waals surface area contributed by atoms with Crippen molar-refractivity contribution in [2.75, 3.05) is 39.4 Å². The number of amides is 4. The Bertz CT molecular complexity index is 1460. The highest BCUT2D eigenvalue weighted by molar-refractivity contribution is 6.02. The van der Waals surface area contributed by atoms with Crippen molar-refractivity contribution in [3.8, 4) is 22.9 Å². The number of hydrogen-bond donors (Lipinski definition) is 3. The van der Waals surface area contributed by atoms with Gasteiger partial charge in [-0.3, -0.25) is 19.4 Å². The van der Waals surface area contributed by atoms with Crippen LogP contribution < -0.4 is 20.7 Å². The Morgan fingerprint density at radius 2 is 1.79 bits per heavy atom. The Hall–Kier alpha value is -4.80. The lowest BCUT2D eigenvalue weighted by Crippen LogP contribution is -2.43. The topological polar surface area (TPSA) is 163 Å². The van der Waals surface area contributed by atoms with Gasteiger partial charge in [0.25, 0.3) is 11.8 Å². The van der Waals surface area contributed by atoms with Crippen LogP contribution in [-0.2, 0) is 14.3 Å². The monoisotopic (exact) mass is 668 g/mol. The van der Waals surface area contributed by atoms with E-state index in [2.05, 4.69) is 20.9 Å². The van der Waals surface area contributed by atoms with Crippen molar-refractivity contribution >= 4 is 23.8 Å². The highest BCUT2D eigenvalue weighted by atomic mass is 19.3. The number of hydrogen-bond acceptors (Lipinski definition) is 8. The van der Waals surface area contributed by atoms with Crippen molar-refractivity contribution in [1.82, 2.24) is 25.8 Å². The number of pyridine rings is 1. The highest BCUT2D eigenvalue weighted by Gasteiger charge is 2.47. The average molecular weight is 669 g/mol. The lowest BCUT2D eigenvalue weighted by atomic mass is 9.81. The van der Waals surface area contributed by atoms with Crippen LogP contribution in [0.25, 0.3) is 11.1 Å². The van der Waals surface area contributed by atoms with Crippen molar-refractivity contribution in [2.24, 2.45) is 11.8 Å². The number of halogens is 2. The van der Waals surface area contributed by atoms with E-state index in [4.69, 9.17) is 14.7 Å². The molecule has 0 unspecified atom stereocenters. The summed E-state index contributed by atoms with van der Waals surface area (Å²) < 4.78 is 38.3. The van der Waals surface area contributed by atoms with E-state index in [0.29, 0.717) is 42.5 Å². The maximum absolute atomic E-state index is 13.7. The molecule has 258 valence electrons. The highest BCUT2D eigenvalue weighted by Crippen LogP contribution is 2.32. The molecule has 12 nitrogen and oxygen atoms in total. The summed E-state index contributed by atoms with van der Waals surface area (Å²) in [6.45, 7) is 2.21. The van der Waals surface area contributed by atoms with E-state index in [1.165, 1.54) is 18.5 Å². The van der Waals surface area contributed by atoms with Crippen LogP contribution in [0.15, 0.2) is 42.7 Å². The lowest BCUT2D eigenvalue weighted by Gasteiger charge is -2.27. The molecule has 2 aromatic rings. The normalized spacial score (nSPS) is 19.9. The number of nitrogens with zero attached hydrogens (tertiary/aromatic N) is 3. The largest absolute Gasteiger partial charge is 0.492 e. The van der Waals surface area contributed by atoms with Crippen LogP contribution in [0.3, 0.4) is 0 Å². The van der Waals surface area contributed by atoms with E-state index >= 15 is 0 Å². The molecule has 4 amide bonds. The number of ether oxygens (including phenoxy) is 2. The molecule has 48 heavy (non-hydrogen) atoms. The molecule has 14 heteroatoms. The number of benzene rings is 1. The Balaban J connectivity index is 1.18. The maximum Gasteiger partial charge on any atom is 0.407 e. The molecular weight excluding hydrogens is 626 g/mol. The van der Waals surface area contributed by atoms with Crippen LogP contribution in [0.4, 0.5) is 13.6 Å². The number of aromatic nitrogens is 1. The van der Waals surface area contributed by atoms with E-state index < -0.39 is 43.3 Å². The Labute approximate surface area is 278 Å². The number of alkyl halides is 2. The number of nitriles is 1. The van der Waals surface area contributed by atoms with Crippen LogP contribution in [-0.4, -0.2) is 85.1 Å². The van der Waals surface area contributed by atoms with E-state index in [0.717, 1.165) is 43.4 Å². The molecule has 0 bridgehead atoms. The number of carbonyl (C=O) groups excluding carboxylic acids is 4. The van der Waals surface area contributed by atoms with Gasteiger partial charge in [0.05, 0.1) is 37.9 Å². The summed E-state index contributed by atoms with van der Waals surface area (Å²) >= 11 is 0. The van der Waals surface area contributed by atoms with Gasteiger partial charge in [-0.05, 0) is 61.8 Å². The second kappa shape index (κ2) is 17.4. The Morgan fingerprint density at radius 1 is 1.04 bits per heavy atom. The third kappa shape index (κ3) is 10.4. The van der Waals surface area contributed by atoms with Crippen molar-refractivity contribution in [3.63, 3.8) is 0 Å². The Morgan fingerprint density at radius 3 is 2.50 bits per heavy atom. The smallest absolute Gasteiger partial charge is 0.407 e. The van der Waals surface area contributed by atoms with Crippen LogP contribution in [0.5, 0.6) is 5.75 Å². The predicted octanol–water partition coefficient (Wildman–Crippen LogP) is 4.07. The first-order valence-corrected chi connectivity index (χ1v) is 16.3. The minimum Gasteiger partial charge on any atom is -0.492 e. The molecule has 3 N–H and O–H groups in total. The second-order valence-corrected chi connectivity index (χ2v) is 12.1. The van der Waals surface area contributed by atoms with Gasteiger partial charge in [-0.15, -0.1) is 0 Å². The summed E-state index contributed by atoms with van der Waals surface area (Å²) in [7, 11) is 0. The molecule has 1 aromatic carbocycles. The Kier molecular flexibility index (Phi) is 13.1. The average Bonchev–Trinajstić information content (AvgIpc) is 3.43. The van der Waals surface area contributed by atoms with Crippen LogP contribution in [0.1, 0.15) is 62.2 Å². The van der Waals surface area contributed by atoms with E-state index in [1.54, 1.807) is 30.3 Å². The number of likely N-dealkylation sites (tertiary alicyclic amines) is 1. The molecule has 1 saturated carbocycles. The summed E-state index contributed by atoms with van der Waals surface area (Å²) in [5.74, 6) is -3.69. The van der Waals surface area contributed by atoms with Gasteiger partial charge in [-0.25, -0.2) is 13.6 Å². The molecule has 4 rings (SSSR count). The number of alkyl carbamates (subject to hydrolysis) is 1. The standard InChI is InChI=1S/C34H42F2N6O6/c1-2-3-15-48-33(46)41-19-23-4-6-25(7-5-23)31(44)39-14-16-47-27-10-8-24(9-11-27)29-20-38-13-12-28(29)32(45)40-21-30(43)42-22-34(35,36)17-26(42)18-37/h8-13,20,23,25-26H,2-7,14-17,19,21-22H2,1H3,(H,39,44)(H,40,45)(H,41,46)/t23?,25?,26-/m0/s1. The molecule has 0 radical (unpaired) electrons. The fraction of sp³-hybridized carbons (Fsp3) is 0.529. The fourth-order valence-corrected chi connectivity index (χ4v) is 5.80. The third-order valence-electron chi connectivity index (χ3n) is 8.52. The van der Waals surface area contributed by atoms with Gasteiger partial charge in [0.1, 0.15) is 18.4 Å². The fourth-order valence-electron chi connectivity index (χ4n) is 5.80. The lowest BCUT2D eigenvalue weighted by molar-refractivity contribution is -0.131. The van der Waals surface area contributed by atoms with Crippen molar-refractivity contribution in [1.29, 1.82) is 5.26 Å². The first kappa shape index (κ1) is 36.0. The zero-order valence-corrected chi connectivity index (χ0v) is 27.0. The maximum atomic E-state index is 13.7. The van der Waals surface area contributed by atoms with Gasteiger partial charge >= 0.3 is 6.09 Å². The molecule has 2 fully saturated rings. The van der Waals surface area contributed by atoms with E-state index in [-0.39, 0.29) is 30.1 Å². The first-order chi connectivity index (χ1) is 23.1. The molecule has 1 atom stereocenters.